The molecule has 39 heavy (non-hydrogen) atoms. The summed E-state index contributed by atoms with van der Waals surface area (Å²) in [6.07, 6.45) is 13.5. The molecular weight excluding hydrogens is 638 g/mol. The Balaban J connectivity index is 1.92. The number of hydrogen-bond donors (Lipinski definition) is 0. The molecule has 0 aliphatic carbocycles. The Morgan fingerprint density at radius 1 is 0.590 bits per heavy atom. The Bertz CT molecular complexity index is 1300. The van der Waals surface area contributed by atoms with Crippen molar-refractivity contribution < 1.29 is 0 Å². The Hall–Kier alpha value is -1.25. The largest absolute Gasteiger partial charge is 0.340 e. The Labute approximate surface area is 257 Å². The minimum Gasteiger partial charge on any atom is -0.340 e. The van der Waals surface area contributed by atoms with Crippen LogP contribution in [0.2, 0.25) is 39.3 Å². The van der Waals surface area contributed by atoms with E-state index in [0.717, 1.165) is 26.6 Å². The number of halogens is 2. The predicted octanol–water partition coefficient (Wildman–Crippen LogP) is 11.7. The first-order valence-electron chi connectivity index (χ1n) is 14.9. The van der Waals surface area contributed by atoms with E-state index in [4.69, 9.17) is 0 Å². The molecular formula is C34H47Br2NSi2. The van der Waals surface area contributed by atoms with Crippen LogP contribution in [0, 0.1) is 22.9 Å². The minimum atomic E-state index is -1.47. The van der Waals surface area contributed by atoms with Crippen LogP contribution >= 0.6 is 31.9 Å². The first-order valence-corrected chi connectivity index (χ1v) is 23.5. The zero-order valence-electron chi connectivity index (χ0n) is 25.3. The SMILES string of the molecule is CCCCCCCCCCCCn1c2cc(Br)c(C#C[Si](C)(C)C)cc2c2cc(C#C[Si](C)(C)C)c(Br)cc21. The van der Waals surface area contributed by atoms with Gasteiger partial charge in [0.1, 0.15) is 16.1 Å². The molecule has 5 heteroatoms. The first-order chi connectivity index (χ1) is 18.4. The van der Waals surface area contributed by atoms with Crippen LogP contribution in [-0.2, 0) is 6.54 Å². The maximum Gasteiger partial charge on any atom is 0.129 e. The average Bonchev–Trinajstić information content (AvgIpc) is 3.12. The molecule has 0 saturated carbocycles. The Morgan fingerprint density at radius 3 is 1.36 bits per heavy atom. The fourth-order valence-electron chi connectivity index (χ4n) is 4.83. The topological polar surface area (TPSA) is 4.93 Å². The van der Waals surface area contributed by atoms with Gasteiger partial charge in [-0.05, 0) is 62.5 Å². The number of benzene rings is 2. The number of unbranched alkanes of at least 4 members (excludes halogenated alkanes) is 9. The van der Waals surface area contributed by atoms with Crippen LogP contribution in [0.3, 0.4) is 0 Å². The number of rotatable bonds is 11. The number of aryl methyl sites for hydroxylation is 1. The summed E-state index contributed by atoms with van der Waals surface area (Å²) in [5.41, 5.74) is 11.9. The summed E-state index contributed by atoms with van der Waals surface area (Å²) >= 11 is 7.71. The predicted molar refractivity (Wildman–Crippen MR) is 187 cm³/mol. The van der Waals surface area contributed by atoms with E-state index in [1.807, 2.05) is 0 Å². The van der Waals surface area contributed by atoms with E-state index >= 15 is 0 Å². The van der Waals surface area contributed by atoms with Crippen molar-refractivity contribution in [1.82, 2.24) is 4.57 Å². The zero-order chi connectivity index (χ0) is 28.6. The van der Waals surface area contributed by atoms with E-state index in [0.29, 0.717) is 0 Å². The number of nitrogens with zero attached hydrogens (tertiary/aromatic N) is 1. The van der Waals surface area contributed by atoms with Gasteiger partial charge in [0.25, 0.3) is 0 Å². The molecule has 0 amide bonds. The van der Waals surface area contributed by atoms with Gasteiger partial charge in [-0.3, -0.25) is 0 Å². The second-order valence-corrected chi connectivity index (χ2v) is 24.2. The average molecular weight is 686 g/mol. The molecule has 1 aromatic heterocycles. The number of aromatic nitrogens is 1. The number of hydrogen-bond acceptors (Lipinski definition) is 0. The molecule has 0 saturated heterocycles. The second kappa shape index (κ2) is 14.6. The fraction of sp³-hybridized carbons (Fsp3) is 0.529. The maximum absolute atomic E-state index is 3.86. The van der Waals surface area contributed by atoms with Crippen LogP contribution in [0.15, 0.2) is 33.2 Å². The molecule has 0 fully saturated rings. The summed E-state index contributed by atoms with van der Waals surface area (Å²) in [5.74, 6) is 7.00. The third-order valence-corrected chi connectivity index (χ3v) is 9.98. The van der Waals surface area contributed by atoms with Crippen molar-refractivity contribution in [3.63, 3.8) is 0 Å². The highest BCUT2D eigenvalue weighted by Gasteiger charge is 2.16. The van der Waals surface area contributed by atoms with Crippen molar-refractivity contribution in [3.05, 3.63) is 44.3 Å². The van der Waals surface area contributed by atoms with Gasteiger partial charge in [0.2, 0.25) is 0 Å². The lowest BCUT2D eigenvalue weighted by Gasteiger charge is -2.09. The van der Waals surface area contributed by atoms with Crippen molar-refractivity contribution in [3.8, 4) is 22.9 Å². The monoisotopic (exact) mass is 683 g/mol. The molecule has 210 valence electrons. The highest BCUT2D eigenvalue weighted by Crippen LogP contribution is 2.36. The molecule has 3 aromatic rings. The third-order valence-electron chi connectivity index (χ3n) is 6.92. The van der Waals surface area contributed by atoms with E-state index in [2.05, 4.69) is 130 Å². The second-order valence-electron chi connectivity index (χ2n) is 13.0. The molecule has 1 heterocycles. The minimum absolute atomic E-state index is 1.04. The molecule has 0 radical (unpaired) electrons. The van der Waals surface area contributed by atoms with Gasteiger partial charge in [-0.25, -0.2) is 0 Å². The fourth-order valence-corrected chi connectivity index (χ4v) is 6.71. The van der Waals surface area contributed by atoms with Crippen LogP contribution in [0.1, 0.15) is 82.3 Å². The van der Waals surface area contributed by atoms with Gasteiger partial charge in [-0.1, -0.05) is 116 Å². The molecule has 1 nitrogen and oxygen atoms in total. The summed E-state index contributed by atoms with van der Waals surface area (Å²) in [5, 5.41) is 2.56. The van der Waals surface area contributed by atoms with Crippen LogP contribution in [-0.4, -0.2) is 20.7 Å². The Kier molecular flexibility index (Phi) is 12.1. The third kappa shape index (κ3) is 9.96. The van der Waals surface area contributed by atoms with Crippen LogP contribution in [0.25, 0.3) is 21.8 Å². The van der Waals surface area contributed by atoms with Crippen molar-refractivity contribution in [2.45, 2.75) is 117 Å². The van der Waals surface area contributed by atoms with Gasteiger partial charge in [0.05, 0.1) is 11.0 Å². The van der Waals surface area contributed by atoms with Crippen LogP contribution < -0.4 is 0 Å². The summed E-state index contributed by atoms with van der Waals surface area (Å²) in [4.78, 5) is 0. The first kappa shape index (κ1) is 32.3. The van der Waals surface area contributed by atoms with Gasteiger partial charge >= 0.3 is 0 Å². The van der Waals surface area contributed by atoms with Crippen molar-refractivity contribution >= 4 is 69.8 Å². The highest BCUT2D eigenvalue weighted by atomic mass is 79.9. The molecule has 0 bridgehead atoms. The lowest BCUT2D eigenvalue weighted by Crippen LogP contribution is -2.16. The molecule has 0 atom stereocenters. The summed E-state index contributed by atoms with van der Waals surface area (Å²) in [6, 6.07) is 9.18. The Morgan fingerprint density at radius 2 is 0.974 bits per heavy atom. The molecule has 3 rings (SSSR count). The van der Waals surface area contributed by atoms with Crippen molar-refractivity contribution in [2.24, 2.45) is 0 Å². The molecule has 0 spiro atoms. The van der Waals surface area contributed by atoms with Crippen molar-refractivity contribution in [1.29, 1.82) is 0 Å². The summed E-state index contributed by atoms with van der Waals surface area (Å²) in [7, 11) is -2.94. The van der Waals surface area contributed by atoms with E-state index in [-0.39, 0.29) is 0 Å². The summed E-state index contributed by atoms with van der Waals surface area (Å²) in [6.45, 7) is 17.1. The van der Waals surface area contributed by atoms with Crippen molar-refractivity contribution in [2.75, 3.05) is 0 Å². The lowest BCUT2D eigenvalue weighted by atomic mass is 10.1. The smallest absolute Gasteiger partial charge is 0.129 e. The van der Waals surface area contributed by atoms with E-state index < -0.39 is 16.1 Å². The standard InChI is InChI=1S/C34H47Br2NSi2/c1-8-9-10-11-12-13-14-15-16-17-20-37-33-25-31(35)27(18-21-38(2,3)4)23-29(33)30-24-28(19-22-39(5,6)7)32(36)26-34(30)37/h23-26H,8-17,20H2,1-7H3. The van der Waals surface area contributed by atoms with Gasteiger partial charge in [-0.2, -0.15) is 0 Å². The van der Waals surface area contributed by atoms with Gasteiger partial charge in [0, 0.05) is 37.4 Å². The number of fused-ring (bicyclic) bond motifs is 3. The summed E-state index contributed by atoms with van der Waals surface area (Å²) < 4.78 is 4.70. The molecule has 0 N–H and O–H groups in total. The molecule has 0 aliphatic heterocycles. The molecule has 0 aliphatic rings. The van der Waals surface area contributed by atoms with E-state index in [9.17, 15) is 0 Å². The van der Waals surface area contributed by atoms with Gasteiger partial charge < -0.3 is 4.57 Å². The maximum atomic E-state index is 3.86. The lowest BCUT2D eigenvalue weighted by molar-refractivity contribution is 0.541. The van der Waals surface area contributed by atoms with Crippen LogP contribution in [0.4, 0.5) is 0 Å². The van der Waals surface area contributed by atoms with Crippen LogP contribution in [0.5, 0.6) is 0 Å². The van der Waals surface area contributed by atoms with Gasteiger partial charge in [0.15, 0.2) is 0 Å². The highest BCUT2D eigenvalue weighted by molar-refractivity contribution is 9.10. The van der Waals surface area contributed by atoms with E-state index in [1.165, 1.54) is 86.0 Å². The quantitative estimate of drug-likeness (QED) is 0.108. The zero-order valence-corrected chi connectivity index (χ0v) is 30.5. The van der Waals surface area contributed by atoms with Gasteiger partial charge in [-0.15, -0.1) is 11.1 Å². The molecule has 2 aromatic carbocycles. The molecule has 0 unspecified atom stereocenters. The van der Waals surface area contributed by atoms with E-state index in [1.54, 1.807) is 0 Å². The normalized spacial score (nSPS) is 11.9.